The van der Waals surface area contributed by atoms with Crippen LogP contribution in [0.3, 0.4) is 0 Å². The van der Waals surface area contributed by atoms with Crippen LogP contribution in [-0.4, -0.2) is 23.4 Å². The molecule has 0 aromatic carbocycles. The van der Waals surface area contributed by atoms with Gasteiger partial charge in [-0.1, -0.05) is 25.5 Å². The molecular weight excluding hydrogens is 338 g/mol. The summed E-state index contributed by atoms with van der Waals surface area (Å²) in [6.45, 7) is 6.64. The van der Waals surface area contributed by atoms with E-state index in [-0.39, 0.29) is 23.3 Å². The van der Waals surface area contributed by atoms with Crippen LogP contribution in [0.1, 0.15) is 72.1 Å². The van der Waals surface area contributed by atoms with E-state index in [1.807, 2.05) is 6.92 Å². The number of rotatable bonds is 3. The molecule has 4 heteroatoms. The lowest BCUT2D eigenvalue weighted by Gasteiger charge is -2.58. The van der Waals surface area contributed by atoms with Crippen molar-refractivity contribution in [2.45, 2.75) is 72.1 Å². The Bertz CT molecular complexity index is 700. The minimum absolute atomic E-state index is 0.0292. The fourth-order valence-electron chi connectivity index (χ4n) is 7.40. The summed E-state index contributed by atoms with van der Waals surface area (Å²) >= 11 is 0. The second-order valence-corrected chi connectivity index (χ2v) is 10.5. The van der Waals surface area contributed by atoms with Crippen LogP contribution in [0.4, 0.5) is 0 Å². The zero-order chi connectivity index (χ0) is 19.6. The van der Waals surface area contributed by atoms with Gasteiger partial charge >= 0.3 is 5.97 Å². The third kappa shape index (κ3) is 2.51. The first kappa shape index (κ1) is 19.2. The molecule has 0 aromatic heterocycles. The molecular formula is C23H35NO3. The summed E-state index contributed by atoms with van der Waals surface area (Å²) in [5, 5.41) is 9.75. The Morgan fingerprint density at radius 3 is 2.48 bits per heavy atom. The number of fused-ring (bicyclic) bond motifs is 5. The predicted molar refractivity (Wildman–Crippen MR) is 105 cm³/mol. The molecule has 4 nitrogen and oxygen atoms in total. The summed E-state index contributed by atoms with van der Waals surface area (Å²) in [5.74, 6) is 1.63. The maximum Gasteiger partial charge on any atom is 0.311 e. The molecule has 0 aliphatic heterocycles. The number of aliphatic carboxylic acids is 1. The van der Waals surface area contributed by atoms with Crippen LogP contribution in [0, 0.1) is 39.9 Å². The summed E-state index contributed by atoms with van der Waals surface area (Å²) in [7, 11) is 0. The van der Waals surface area contributed by atoms with Crippen molar-refractivity contribution < 1.29 is 14.7 Å². The minimum atomic E-state index is -0.867. The van der Waals surface area contributed by atoms with Gasteiger partial charge in [0.05, 0.1) is 5.41 Å². The Kier molecular flexibility index (Phi) is 4.38. The number of allylic oxidation sites excluding steroid dienone is 2. The third-order valence-corrected chi connectivity index (χ3v) is 9.55. The molecule has 0 radical (unpaired) electrons. The maximum absolute atomic E-state index is 12.5. The molecule has 0 aromatic rings. The van der Waals surface area contributed by atoms with Gasteiger partial charge in [0.25, 0.3) is 0 Å². The van der Waals surface area contributed by atoms with Crippen molar-refractivity contribution in [1.82, 2.24) is 0 Å². The molecule has 4 unspecified atom stereocenters. The maximum atomic E-state index is 12.5. The first-order valence-corrected chi connectivity index (χ1v) is 10.8. The summed E-state index contributed by atoms with van der Waals surface area (Å²) in [4.78, 5) is 24.4. The van der Waals surface area contributed by atoms with E-state index in [0.717, 1.165) is 44.9 Å². The van der Waals surface area contributed by atoms with Crippen molar-refractivity contribution in [2.24, 2.45) is 45.7 Å². The lowest BCUT2D eigenvalue weighted by Crippen LogP contribution is -2.51. The molecule has 0 amide bonds. The number of carbonyl (C=O) groups is 2. The highest BCUT2D eigenvalue weighted by atomic mass is 16.4. The van der Waals surface area contributed by atoms with Gasteiger partial charge in [-0.3, -0.25) is 9.59 Å². The average molecular weight is 374 g/mol. The first-order valence-electron chi connectivity index (χ1n) is 10.8. The van der Waals surface area contributed by atoms with Gasteiger partial charge in [0, 0.05) is 18.4 Å². The molecule has 3 N–H and O–H groups in total. The van der Waals surface area contributed by atoms with Crippen LogP contribution in [0.5, 0.6) is 0 Å². The van der Waals surface area contributed by atoms with E-state index in [0.29, 0.717) is 23.5 Å². The highest BCUT2D eigenvalue weighted by Crippen LogP contribution is 2.65. The molecule has 7 atom stereocenters. The predicted octanol–water partition coefficient (Wildman–Crippen LogP) is 4.18. The third-order valence-electron chi connectivity index (χ3n) is 9.55. The van der Waals surface area contributed by atoms with Crippen LogP contribution >= 0.6 is 0 Å². The van der Waals surface area contributed by atoms with Crippen LogP contribution in [0.15, 0.2) is 11.6 Å². The zero-order valence-corrected chi connectivity index (χ0v) is 17.1. The second-order valence-electron chi connectivity index (χ2n) is 10.5. The molecule has 0 saturated heterocycles. The Hall–Kier alpha value is -1.16. The summed E-state index contributed by atoms with van der Waals surface area (Å²) < 4.78 is 0. The van der Waals surface area contributed by atoms with Gasteiger partial charge < -0.3 is 10.8 Å². The molecule has 0 bridgehead atoms. The van der Waals surface area contributed by atoms with E-state index in [1.165, 1.54) is 12.0 Å². The topological polar surface area (TPSA) is 80.4 Å². The van der Waals surface area contributed by atoms with Crippen molar-refractivity contribution in [3.8, 4) is 0 Å². The van der Waals surface area contributed by atoms with Crippen molar-refractivity contribution in [2.75, 3.05) is 6.54 Å². The number of hydrogen-bond acceptors (Lipinski definition) is 3. The zero-order valence-electron chi connectivity index (χ0n) is 17.1. The van der Waals surface area contributed by atoms with E-state index in [2.05, 4.69) is 19.9 Å². The van der Waals surface area contributed by atoms with Crippen molar-refractivity contribution >= 4 is 11.8 Å². The molecule has 3 saturated carbocycles. The van der Waals surface area contributed by atoms with Crippen LogP contribution in [-0.2, 0) is 9.59 Å². The van der Waals surface area contributed by atoms with Crippen molar-refractivity contribution in [1.29, 1.82) is 0 Å². The van der Waals surface area contributed by atoms with Gasteiger partial charge in [-0.15, -0.1) is 0 Å². The lowest BCUT2D eigenvalue weighted by molar-refractivity contribution is -0.150. The molecule has 27 heavy (non-hydrogen) atoms. The van der Waals surface area contributed by atoms with E-state index in [4.69, 9.17) is 5.73 Å². The molecule has 0 spiro atoms. The van der Waals surface area contributed by atoms with Crippen LogP contribution in [0.25, 0.3) is 0 Å². The first-order chi connectivity index (χ1) is 12.7. The number of Topliss-reactive ketones (excluding diaryl/α,β-unsaturated/α-hetero) is 1. The quantitative estimate of drug-likeness (QED) is 0.727. The largest absolute Gasteiger partial charge is 0.481 e. The Labute approximate surface area is 163 Å². The SMILES string of the molecule is CC(CN)(C(=O)O)[C@@H]1C=C2CCC3C(CC[C@]4(C)C(=O)CCC34)[C@@]2(C)CC1. The highest BCUT2D eigenvalue weighted by Gasteiger charge is 2.59. The number of carbonyl (C=O) groups excluding carboxylic acids is 1. The normalized spacial score (nSPS) is 45.9. The fraction of sp³-hybridized carbons (Fsp3) is 0.826. The van der Waals surface area contributed by atoms with Gasteiger partial charge in [-0.05, 0) is 81.0 Å². The smallest absolute Gasteiger partial charge is 0.311 e. The number of ketones is 1. The number of carboxylic acids is 1. The van der Waals surface area contributed by atoms with Gasteiger partial charge in [0.15, 0.2) is 0 Å². The van der Waals surface area contributed by atoms with E-state index in [1.54, 1.807) is 0 Å². The van der Waals surface area contributed by atoms with E-state index < -0.39 is 11.4 Å². The standard InChI is InChI=1S/C23H35NO3/c1-21-10-8-15(23(3,13-24)20(26)27)12-14(21)4-5-16-17-6-7-19(25)22(17,2)11-9-18(16)21/h12,15-18H,4-11,13,24H2,1-3H3,(H,26,27)/t15-,16?,17?,18?,21-,22-,23?/m0/s1. The van der Waals surface area contributed by atoms with E-state index >= 15 is 0 Å². The molecule has 4 aliphatic carbocycles. The Morgan fingerprint density at radius 2 is 1.81 bits per heavy atom. The van der Waals surface area contributed by atoms with Gasteiger partial charge in [-0.2, -0.15) is 0 Å². The molecule has 4 aliphatic rings. The molecule has 3 fully saturated rings. The van der Waals surface area contributed by atoms with Crippen molar-refractivity contribution in [3.05, 3.63) is 11.6 Å². The Morgan fingerprint density at radius 1 is 1.15 bits per heavy atom. The minimum Gasteiger partial charge on any atom is -0.481 e. The molecule has 150 valence electrons. The monoisotopic (exact) mass is 373 g/mol. The lowest BCUT2D eigenvalue weighted by atomic mass is 9.46. The van der Waals surface area contributed by atoms with Crippen molar-refractivity contribution in [3.63, 3.8) is 0 Å². The van der Waals surface area contributed by atoms with Gasteiger partial charge in [-0.25, -0.2) is 0 Å². The Balaban J connectivity index is 1.64. The number of hydrogen-bond donors (Lipinski definition) is 2. The fourth-order valence-corrected chi connectivity index (χ4v) is 7.40. The van der Waals surface area contributed by atoms with E-state index in [9.17, 15) is 14.7 Å². The average Bonchev–Trinajstić information content (AvgIpc) is 2.95. The summed E-state index contributed by atoms with van der Waals surface area (Å²) in [5.41, 5.74) is 6.61. The van der Waals surface area contributed by atoms with Gasteiger partial charge in [0.2, 0.25) is 0 Å². The molecule has 4 rings (SSSR count). The number of carboxylic acid groups (broad SMARTS) is 1. The highest BCUT2D eigenvalue weighted by molar-refractivity contribution is 5.87. The number of nitrogens with two attached hydrogens (primary N) is 1. The summed E-state index contributed by atoms with van der Waals surface area (Å²) in [6, 6.07) is 0. The summed E-state index contributed by atoms with van der Waals surface area (Å²) in [6.07, 6.45) is 10.5. The van der Waals surface area contributed by atoms with Gasteiger partial charge in [0.1, 0.15) is 5.78 Å². The molecule has 0 heterocycles. The second kappa shape index (κ2) is 6.17. The van der Waals surface area contributed by atoms with Crippen LogP contribution < -0.4 is 5.73 Å². The van der Waals surface area contributed by atoms with Crippen LogP contribution in [0.2, 0.25) is 0 Å².